The molecule has 254 valence electrons. The number of hydrogen-bond acceptors (Lipinski definition) is 7. The molecule has 0 atom stereocenters. The third-order valence-corrected chi connectivity index (χ3v) is 9.93. The Morgan fingerprint density at radius 2 is 1.21 bits per heavy atom. The van der Waals surface area contributed by atoms with Crippen LogP contribution < -0.4 is 4.74 Å². The van der Waals surface area contributed by atoms with Crippen molar-refractivity contribution in [3.05, 3.63) is 101 Å². The summed E-state index contributed by atoms with van der Waals surface area (Å²) in [6.45, 7) is 13.2. The van der Waals surface area contributed by atoms with E-state index in [9.17, 15) is 14.4 Å². The lowest BCUT2D eigenvalue weighted by Gasteiger charge is -2.34. The molecule has 48 heavy (non-hydrogen) atoms. The van der Waals surface area contributed by atoms with E-state index < -0.39 is 5.97 Å². The molecule has 2 amide bonds. The second-order valence-corrected chi connectivity index (χ2v) is 13.6. The Bertz CT molecular complexity index is 1510. The number of carboxylic acids is 1. The van der Waals surface area contributed by atoms with Crippen LogP contribution in [0.4, 0.5) is 0 Å². The number of carboxylic acid groups (broad SMARTS) is 1. The van der Waals surface area contributed by atoms with Crippen LogP contribution in [0, 0.1) is 6.92 Å². The van der Waals surface area contributed by atoms with Crippen molar-refractivity contribution in [3.8, 4) is 5.75 Å². The molecule has 0 spiro atoms. The molecule has 0 saturated carbocycles. The highest BCUT2D eigenvalue weighted by atomic mass is 32.2. The molecule has 0 bridgehead atoms. The zero-order valence-electron chi connectivity index (χ0n) is 28.2. The average Bonchev–Trinajstić information content (AvgIpc) is 3.08. The minimum Gasteiger partial charge on any atom is -0.482 e. The molecular weight excluding hydrogens is 625 g/mol. The molecule has 0 aromatic heterocycles. The normalized spacial score (nSPS) is 15.6. The van der Waals surface area contributed by atoms with Gasteiger partial charge in [0.15, 0.2) is 6.61 Å². The molecule has 2 aliphatic rings. The maximum Gasteiger partial charge on any atom is 0.341 e. The van der Waals surface area contributed by atoms with Crippen molar-refractivity contribution in [2.45, 2.75) is 38.8 Å². The Hall–Kier alpha value is -4.12. The number of carbonyl (C=O) groups is 3. The van der Waals surface area contributed by atoms with Gasteiger partial charge in [-0.1, -0.05) is 54.6 Å². The van der Waals surface area contributed by atoms with Gasteiger partial charge < -0.3 is 19.6 Å². The zero-order chi connectivity index (χ0) is 34.0. The number of benzene rings is 3. The van der Waals surface area contributed by atoms with Crippen LogP contribution in [-0.2, 0) is 27.5 Å². The molecule has 3 aromatic carbocycles. The van der Waals surface area contributed by atoms with Gasteiger partial charge in [0.05, 0.1) is 0 Å². The molecule has 0 unspecified atom stereocenters. The number of nitrogens with zero attached hydrogens (tertiary/aromatic N) is 4. The summed E-state index contributed by atoms with van der Waals surface area (Å²) in [5.41, 5.74) is 6.89. The van der Waals surface area contributed by atoms with E-state index in [1.165, 1.54) is 16.7 Å². The van der Waals surface area contributed by atoms with Gasteiger partial charge in [0.25, 0.3) is 0 Å². The summed E-state index contributed by atoms with van der Waals surface area (Å²) >= 11 is 1.72. The molecule has 0 aliphatic carbocycles. The third-order valence-electron chi connectivity index (χ3n) is 9.01. The van der Waals surface area contributed by atoms with Crippen LogP contribution in [0.3, 0.4) is 0 Å². The van der Waals surface area contributed by atoms with Crippen molar-refractivity contribution in [1.82, 2.24) is 19.6 Å². The van der Waals surface area contributed by atoms with Gasteiger partial charge in [-0.25, -0.2) is 4.79 Å². The standard InChI is InChI=1S/C38H46N4O5S/c1-28-24-35(12-13-37(28)47-27-38(45)46)48-23-14-36(33-8-4-31(5-9-33)25-39-15-19-41(20-16-39)29(2)43)34-10-6-32(7-11-34)26-40-17-21-42(22-18-40)30(3)44/h4-14,24H,15-23,25-27H2,1-3H3,(H,45,46). The van der Waals surface area contributed by atoms with Crippen LogP contribution in [0.5, 0.6) is 5.75 Å². The second kappa shape index (κ2) is 16.8. The first-order valence-corrected chi connectivity index (χ1v) is 17.6. The first kappa shape index (κ1) is 35.2. The highest BCUT2D eigenvalue weighted by Crippen LogP contribution is 2.29. The highest BCUT2D eigenvalue weighted by Gasteiger charge is 2.20. The predicted octanol–water partition coefficient (Wildman–Crippen LogP) is 5.01. The predicted molar refractivity (Wildman–Crippen MR) is 190 cm³/mol. The maximum absolute atomic E-state index is 11.7. The highest BCUT2D eigenvalue weighted by molar-refractivity contribution is 7.99. The molecule has 2 heterocycles. The average molecular weight is 671 g/mol. The van der Waals surface area contributed by atoms with Crippen LogP contribution in [-0.4, -0.2) is 107 Å². The van der Waals surface area contributed by atoms with Gasteiger partial charge in [-0.05, 0) is 58.5 Å². The van der Waals surface area contributed by atoms with Crippen LogP contribution >= 0.6 is 11.8 Å². The third kappa shape index (κ3) is 9.95. The van der Waals surface area contributed by atoms with E-state index in [-0.39, 0.29) is 18.4 Å². The fraction of sp³-hybridized carbons (Fsp3) is 0.395. The second-order valence-electron chi connectivity index (χ2n) is 12.5. The number of carbonyl (C=O) groups excluding carboxylic acids is 2. The summed E-state index contributed by atoms with van der Waals surface area (Å²) < 4.78 is 5.40. The van der Waals surface area contributed by atoms with Gasteiger partial charge in [-0.3, -0.25) is 19.4 Å². The lowest BCUT2D eigenvalue weighted by Crippen LogP contribution is -2.47. The first-order valence-electron chi connectivity index (χ1n) is 16.6. The van der Waals surface area contributed by atoms with E-state index in [4.69, 9.17) is 9.84 Å². The molecule has 2 saturated heterocycles. The summed E-state index contributed by atoms with van der Waals surface area (Å²) in [6, 6.07) is 23.5. The number of hydrogen-bond donors (Lipinski definition) is 1. The number of amides is 2. The zero-order valence-corrected chi connectivity index (χ0v) is 29.0. The Balaban J connectivity index is 1.28. The largest absolute Gasteiger partial charge is 0.482 e. The summed E-state index contributed by atoms with van der Waals surface area (Å²) in [5.74, 6) is 0.642. The lowest BCUT2D eigenvalue weighted by molar-refractivity contribution is -0.139. The smallest absolute Gasteiger partial charge is 0.341 e. The van der Waals surface area contributed by atoms with Crippen LogP contribution in [0.2, 0.25) is 0 Å². The molecule has 0 radical (unpaired) electrons. The molecule has 2 aliphatic heterocycles. The van der Waals surface area contributed by atoms with Crippen molar-refractivity contribution in [2.24, 2.45) is 0 Å². The molecule has 3 aromatic rings. The Morgan fingerprint density at radius 3 is 1.62 bits per heavy atom. The minimum absolute atomic E-state index is 0.147. The van der Waals surface area contributed by atoms with E-state index in [1.807, 2.05) is 34.9 Å². The Kier molecular flexibility index (Phi) is 12.3. The van der Waals surface area contributed by atoms with Crippen molar-refractivity contribution < 1.29 is 24.2 Å². The van der Waals surface area contributed by atoms with Gasteiger partial charge in [-0.15, -0.1) is 11.8 Å². The fourth-order valence-corrected chi connectivity index (χ4v) is 7.04. The van der Waals surface area contributed by atoms with Gasteiger partial charge in [0.2, 0.25) is 11.8 Å². The number of ether oxygens (including phenoxy) is 1. The Morgan fingerprint density at radius 1 is 0.729 bits per heavy atom. The van der Waals surface area contributed by atoms with E-state index in [2.05, 4.69) is 64.4 Å². The van der Waals surface area contributed by atoms with Crippen molar-refractivity contribution in [1.29, 1.82) is 0 Å². The van der Waals surface area contributed by atoms with E-state index in [1.54, 1.807) is 25.6 Å². The van der Waals surface area contributed by atoms with Gasteiger partial charge in [0, 0.05) is 89.9 Å². The molecule has 10 heteroatoms. The summed E-state index contributed by atoms with van der Waals surface area (Å²) in [5, 5.41) is 8.94. The number of rotatable bonds is 12. The lowest BCUT2D eigenvalue weighted by atomic mass is 9.96. The number of aryl methyl sites for hydroxylation is 1. The van der Waals surface area contributed by atoms with Crippen molar-refractivity contribution >= 4 is 35.1 Å². The molecular formula is C38H46N4O5S. The van der Waals surface area contributed by atoms with E-state index in [0.29, 0.717) is 5.75 Å². The number of thioether (sulfide) groups is 1. The first-order chi connectivity index (χ1) is 23.1. The van der Waals surface area contributed by atoms with Crippen LogP contribution in [0.1, 0.15) is 41.7 Å². The summed E-state index contributed by atoms with van der Waals surface area (Å²) in [6.07, 6.45) is 2.28. The molecule has 2 fully saturated rings. The van der Waals surface area contributed by atoms with Crippen molar-refractivity contribution in [3.63, 3.8) is 0 Å². The maximum atomic E-state index is 11.7. The van der Waals surface area contributed by atoms with Crippen LogP contribution in [0.15, 0.2) is 77.7 Å². The van der Waals surface area contributed by atoms with Gasteiger partial charge >= 0.3 is 5.97 Å². The number of piperazine rings is 2. The molecule has 9 nitrogen and oxygen atoms in total. The number of aliphatic carboxylic acids is 1. The molecule has 1 N–H and O–H groups in total. The van der Waals surface area contributed by atoms with E-state index >= 15 is 0 Å². The monoisotopic (exact) mass is 670 g/mol. The van der Waals surface area contributed by atoms with Crippen molar-refractivity contribution in [2.75, 3.05) is 64.7 Å². The quantitative estimate of drug-likeness (QED) is 0.269. The SMILES string of the molecule is CC(=O)N1CCN(Cc2ccc(C(=CCSc3ccc(OCC(=O)O)c(C)c3)c3ccc(CN4CCN(C(C)=O)CC4)cc3)cc2)CC1. The van der Waals surface area contributed by atoms with Crippen LogP contribution in [0.25, 0.3) is 5.57 Å². The topological polar surface area (TPSA) is 93.6 Å². The summed E-state index contributed by atoms with van der Waals surface area (Å²) in [7, 11) is 0. The van der Waals surface area contributed by atoms with Gasteiger partial charge in [-0.2, -0.15) is 0 Å². The summed E-state index contributed by atoms with van der Waals surface area (Å²) in [4.78, 5) is 44.1. The fourth-order valence-electron chi connectivity index (χ4n) is 6.17. The van der Waals surface area contributed by atoms with Gasteiger partial charge in [0.1, 0.15) is 5.75 Å². The Labute approximate surface area is 288 Å². The minimum atomic E-state index is -0.994. The molecule has 5 rings (SSSR count). The van der Waals surface area contributed by atoms with E-state index in [0.717, 1.165) is 92.8 Å².